The summed E-state index contributed by atoms with van der Waals surface area (Å²) >= 11 is 0. The van der Waals surface area contributed by atoms with Crippen LogP contribution in [0.15, 0.2) is 0 Å². The van der Waals surface area contributed by atoms with Gasteiger partial charge >= 0.3 is 0 Å². The van der Waals surface area contributed by atoms with Gasteiger partial charge in [-0.3, -0.25) is 0 Å². The number of rotatable bonds is 7. The minimum Gasteiger partial charge on any atom is -0.393 e. The van der Waals surface area contributed by atoms with Gasteiger partial charge in [0, 0.05) is 26.2 Å². The molecule has 0 amide bonds. The van der Waals surface area contributed by atoms with Crippen LogP contribution in [0.2, 0.25) is 0 Å². The molecule has 1 heterocycles. The third-order valence-corrected chi connectivity index (χ3v) is 2.73. The van der Waals surface area contributed by atoms with E-state index in [0.717, 1.165) is 19.4 Å². The molecule has 0 radical (unpaired) electrons. The van der Waals surface area contributed by atoms with Crippen LogP contribution in [0.3, 0.4) is 0 Å². The molecule has 1 N–H and O–H groups in total. The monoisotopic (exact) mass is 218 g/mol. The summed E-state index contributed by atoms with van der Waals surface area (Å²) in [5.41, 5.74) is 0. The average Bonchev–Trinajstić information content (AvgIpc) is 2.30. The van der Waals surface area contributed by atoms with Gasteiger partial charge < -0.3 is 19.3 Å². The van der Waals surface area contributed by atoms with Crippen LogP contribution in [-0.4, -0.2) is 51.4 Å². The Morgan fingerprint density at radius 2 is 2.27 bits per heavy atom. The van der Waals surface area contributed by atoms with Crippen LogP contribution in [0, 0.1) is 5.92 Å². The van der Waals surface area contributed by atoms with Crippen molar-refractivity contribution in [3.05, 3.63) is 0 Å². The molecular formula is C11H22O4. The number of hydrogen-bond donors (Lipinski definition) is 1. The first kappa shape index (κ1) is 12.9. The Bertz CT molecular complexity index is 146. The number of ether oxygens (including phenoxy) is 3. The first-order valence-corrected chi connectivity index (χ1v) is 5.67. The van der Waals surface area contributed by atoms with Crippen molar-refractivity contribution in [1.29, 1.82) is 0 Å². The van der Waals surface area contributed by atoms with Crippen LogP contribution in [-0.2, 0) is 14.2 Å². The summed E-state index contributed by atoms with van der Waals surface area (Å²) in [6, 6.07) is 0. The lowest BCUT2D eigenvalue weighted by atomic mass is 9.94. The SMILES string of the molecule is COCCOCCC(O)C1CCCOC1. The van der Waals surface area contributed by atoms with E-state index in [4.69, 9.17) is 14.2 Å². The first-order valence-electron chi connectivity index (χ1n) is 5.67. The smallest absolute Gasteiger partial charge is 0.0700 e. The molecule has 0 aromatic carbocycles. The van der Waals surface area contributed by atoms with E-state index in [-0.39, 0.29) is 6.10 Å². The largest absolute Gasteiger partial charge is 0.393 e. The van der Waals surface area contributed by atoms with Crippen LogP contribution in [0.25, 0.3) is 0 Å². The number of aliphatic hydroxyl groups is 1. The molecule has 0 bridgehead atoms. The Kier molecular flexibility index (Phi) is 6.92. The van der Waals surface area contributed by atoms with Crippen molar-refractivity contribution in [2.75, 3.05) is 40.1 Å². The molecule has 1 saturated heterocycles. The highest BCUT2D eigenvalue weighted by atomic mass is 16.5. The lowest BCUT2D eigenvalue weighted by Gasteiger charge is -2.26. The molecule has 1 fully saturated rings. The van der Waals surface area contributed by atoms with Gasteiger partial charge in [-0.2, -0.15) is 0 Å². The topological polar surface area (TPSA) is 47.9 Å². The van der Waals surface area contributed by atoms with E-state index >= 15 is 0 Å². The summed E-state index contributed by atoms with van der Waals surface area (Å²) in [5, 5.41) is 9.84. The quantitative estimate of drug-likeness (QED) is 0.643. The number of aliphatic hydroxyl groups excluding tert-OH is 1. The molecule has 2 unspecified atom stereocenters. The van der Waals surface area contributed by atoms with Crippen LogP contribution < -0.4 is 0 Å². The zero-order valence-corrected chi connectivity index (χ0v) is 9.48. The molecule has 0 aromatic heterocycles. The maximum atomic E-state index is 9.84. The van der Waals surface area contributed by atoms with Gasteiger partial charge in [0.1, 0.15) is 0 Å². The first-order chi connectivity index (χ1) is 7.34. The second-order valence-corrected chi connectivity index (χ2v) is 3.94. The Balaban J connectivity index is 1.99. The fraction of sp³-hybridized carbons (Fsp3) is 1.00. The van der Waals surface area contributed by atoms with E-state index in [1.54, 1.807) is 7.11 Å². The Morgan fingerprint density at radius 1 is 1.40 bits per heavy atom. The van der Waals surface area contributed by atoms with E-state index < -0.39 is 0 Å². The zero-order chi connectivity index (χ0) is 10.9. The highest BCUT2D eigenvalue weighted by molar-refractivity contribution is 4.71. The van der Waals surface area contributed by atoms with Crippen molar-refractivity contribution in [1.82, 2.24) is 0 Å². The van der Waals surface area contributed by atoms with Gasteiger partial charge in [-0.05, 0) is 19.3 Å². The van der Waals surface area contributed by atoms with Gasteiger partial charge in [0.15, 0.2) is 0 Å². The predicted molar refractivity (Wildman–Crippen MR) is 56.9 cm³/mol. The molecular weight excluding hydrogens is 196 g/mol. The van der Waals surface area contributed by atoms with Crippen molar-refractivity contribution in [2.24, 2.45) is 5.92 Å². The third-order valence-electron chi connectivity index (χ3n) is 2.73. The standard InChI is InChI=1S/C11H22O4/c1-13-7-8-14-6-4-11(12)10-3-2-5-15-9-10/h10-12H,2-9H2,1H3. The Hall–Kier alpha value is -0.160. The fourth-order valence-corrected chi connectivity index (χ4v) is 1.75. The van der Waals surface area contributed by atoms with Crippen molar-refractivity contribution < 1.29 is 19.3 Å². The van der Waals surface area contributed by atoms with E-state index in [0.29, 0.717) is 38.8 Å². The maximum Gasteiger partial charge on any atom is 0.0700 e. The molecule has 4 heteroatoms. The summed E-state index contributed by atoms with van der Waals surface area (Å²) in [6.45, 7) is 3.35. The molecule has 0 aliphatic carbocycles. The van der Waals surface area contributed by atoms with Crippen molar-refractivity contribution in [3.8, 4) is 0 Å². The molecule has 0 spiro atoms. The number of methoxy groups -OCH3 is 1. The van der Waals surface area contributed by atoms with Crippen molar-refractivity contribution in [2.45, 2.75) is 25.4 Å². The molecule has 15 heavy (non-hydrogen) atoms. The number of hydrogen-bond acceptors (Lipinski definition) is 4. The zero-order valence-electron chi connectivity index (χ0n) is 9.48. The lowest BCUT2D eigenvalue weighted by molar-refractivity contribution is -0.0252. The molecule has 1 aliphatic heterocycles. The molecule has 90 valence electrons. The van der Waals surface area contributed by atoms with Gasteiger partial charge in [0.2, 0.25) is 0 Å². The van der Waals surface area contributed by atoms with E-state index in [1.807, 2.05) is 0 Å². The van der Waals surface area contributed by atoms with Gasteiger partial charge in [0.25, 0.3) is 0 Å². The van der Waals surface area contributed by atoms with Crippen LogP contribution in [0.5, 0.6) is 0 Å². The molecule has 0 aromatic rings. The van der Waals surface area contributed by atoms with Crippen LogP contribution >= 0.6 is 0 Å². The highest BCUT2D eigenvalue weighted by Crippen LogP contribution is 2.19. The van der Waals surface area contributed by atoms with Crippen molar-refractivity contribution >= 4 is 0 Å². The van der Waals surface area contributed by atoms with E-state index in [9.17, 15) is 5.11 Å². The minimum atomic E-state index is -0.284. The summed E-state index contributed by atoms with van der Waals surface area (Å²) in [5.74, 6) is 0.296. The van der Waals surface area contributed by atoms with Crippen molar-refractivity contribution in [3.63, 3.8) is 0 Å². The molecule has 1 aliphatic rings. The molecule has 2 atom stereocenters. The molecule has 0 saturated carbocycles. The van der Waals surface area contributed by atoms with Gasteiger partial charge in [-0.1, -0.05) is 0 Å². The highest BCUT2D eigenvalue weighted by Gasteiger charge is 2.21. The van der Waals surface area contributed by atoms with Crippen LogP contribution in [0.1, 0.15) is 19.3 Å². The minimum absolute atomic E-state index is 0.284. The van der Waals surface area contributed by atoms with E-state index in [1.165, 1.54) is 0 Å². The Labute approximate surface area is 91.5 Å². The van der Waals surface area contributed by atoms with Gasteiger partial charge in [-0.25, -0.2) is 0 Å². The summed E-state index contributed by atoms with van der Waals surface area (Å²) in [7, 11) is 1.65. The normalized spacial score (nSPS) is 24.0. The third kappa shape index (κ3) is 5.47. The van der Waals surface area contributed by atoms with E-state index in [2.05, 4.69) is 0 Å². The second-order valence-electron chi connectivity index (χ2n) is 3.94. The lowest BCUT2D eigenvalue weighted by Crippen LogP contribution is -2.30. The summed E-state index contributed by atoms with van der Waals surface area (Å²) < 4.78 is 15.5. The molecule has 4 nitrogen and oxygen atoms in total. The van der Waals surface area contributed by atoms with Gasteiger partial charge in [0.05, 0.1) is 25.9 Å². The average molecular weight is 218 g/mol. The predicted octanol–water partition coefficient (Wildman–Crippen LogP) is 0.827. The molecule has 1 rings (SSSR count). The maximum absolute atomic E-state index is 9.84. The fourth-order valence-electron chi connectivity index (χ4n) is 1.75. The summed E-state index contributed by atoms with van der Waals surface area (Å²) in [6.07, 6.45) is 2.54. The van der Waals surface area contributed by atoms with Crippen LogP contribution in [0.4, 0.5) is 0 Å². The van der Waals surface area contributed by atoms with Gasteiger partial charge in [-0.15, -0.1) is 0 Å². The summed E-state index contributed by atoms with van der Waals surface area (Å²) in [4.78, 5) is 0. The Morgan fingerprint density at radius 3 is 2.93 bits per heavy atom. The second kappa shape index (κ2) is 8.05.